The predicted octanol–water partition coefficient (Wildman–Crippen LogP) is 0.408. The molecule has 2 aromatic rings. The van der Waals surface area contributed by atoms with Crippen molar-refractivity contribution in [3.8, 4) is 0 Å². The fourth-order valence-electron chi connectivity index (χ4n) is 2.99. The van der Waals surface area contributed by atoms with Gasteiger partial charge in [0.05, 0.1) is 4.92 Å². The summed E-state index contributed by atoms with van der Waals surface area (Å²) in [6, 6.07) is 4.79. The zero-order valence-electron chi connectivity index (χ0n) is 12.6. The largest absolute Gasteiger partial charge is 0.394 e. The minimum atomic E-state index is -0.603. The van der Waals surface area contributed by atoms with E-state index in [1.165, 1.54) is 6.07 Å². The number of non-ortho nitro benzene ring substituents is 1. The monoisotopic (exact) mass is 316 g/mol. The average Bonchev–Trinajstić information content (AvgIpc) is 2.55. The molecule has 1 saturated heterocycles. The molecule has 0 amide bonds. The molecule has 0 atom stereocenters. The van der Waals surface area contributed by atoms with Crippen LogP contribution in [0, 0.1) is 17.0 Å². The summed E-state index contributed by atoms with van der Waals surface area (Å²) in [5.74, 6) is 0. The minimum absolute atomic E-state index is 0.0509. The Kier molecular flexibility index (Phi) is 3.51. The third-order valence-electron chi connectivity index (χ3n) is 4.25. The Morgan fingerprint density at radius 3 is 2.22 bits per heavy atom. The maximum Gasteiger partial charge on any atom is 0.269 e. The molecule has 0 spiro atoms. The lowest BCUT2D eigenvalue weighted by molar-refractivity contribution is -0.384. The fraction of sp³-hybridized carbons (Fsp3) is 0.333. The number of nitro groups is 1. The van der Waals surface area contributed by atoms with Gasteiger partial charge in [-0.15, -0.1) is 0 Å². The van der Waals surface area contributed by atoms with Crippen molar-refractivity contribution in [1.29, 1.82) is 0 Å². The molecule has 23 heavy (non-hydrogen) atoms. The Bertz CT molecular complexity index is 846. The number of anilines is 3. The normalized spacial score (nSPS) is 15.2. The molecule has 0 aliphatic carbocycles. The van der Waals surface area contributed by atoms with Crippen molar-refractivity contribution in [2.75, 3.05) is 41.7 Å². The van der Waals surface area contributed by atoms with E-state index in [4.69, 9.17) is 5.73 Å². The van der Waals surface area contributed by atoms with E-state index in [9.17, 15) is 19.7 Å². The van der Waals surface area contributed by atoms with Crippen molar-refractivity contribution in [2.24, 2.45) is 0 Å². The first-order valence-electron chi connectivity index (χ1n) is 7.24. The standard InChI is InChI=1S/C15H16N4O4/c1-9-8-10(19(22)23)2-3-11(9)17-4-6-18(7-5-17)13-12(16)14(20)15(13)21/h2-3,8H,4-7,16H2,1H3. The zero-order valence-corrected chi connectivity index (χ0v) is 12.6. The quantitative estimate of drug-likeness (QED) is 0.496. The molecule has 0 radical (unpaired) electrons. The van der Waals surface area contributed by atoms with Crippen molar-refractivity contribution in [3.05, 3.63) is 54.3 Å². The zero-order chi connectivity index (χ0) is 16.7. The summed E-state index contributed by atoms with van der Waals surface area (Å²) in [5, 5.41) is 10.8. The highest BCUT2D eigenvalue weighted by molar-refractivity contribution is 5.73. The van der Waals surface area contributed by atoms with E-state index < -0.39 is 15.8 Å². The molecule has 1 fully saturated rings. The number of rotatable bonds is 3. The molecule has 2 aromatic carbocycles. The SMILES string of the molecule is Cc1cc([N+](=O)[O-])ccc1N1CCN(c2c(N)c(=O)c2=O)CC1. The molecule has 0 aromatic heterocycles. The summed E-state index contributed by atoms with van der Waals surface area (Å²) >= 11 is 0. The van der Waals surface area contributed by atoms with Crippen LogP contribution in [0.3, 0.4) is 0 Å². The smallest absolute Gasteiger partial charge is 0.269 e. The van der Waals surface area contributed by atoms with Gasteiger partial charge in [-0.3, -0.25) is 19.7 Å². The highest BCUT2D eigenvalue weighted by atomic mass is 16.6. The van der Waals surface area contributed by atoms with Crippen LogP contribution in [-0.2, 0) is 0 Å². The second kappa shape index (κ2) is 5.38. The number of nitrogens with zero attached hydrogens (tertiary/aromatic N) is 3. The van der Waals surface area contributed by atoms with Crippen LogP contribution in [0.5, 0.6) is 0 Å². The first-order chi connectivity index (χ1) is 10.9. The Morgan fingerprint density at radius 1 is 1.09 bits per heavy atom. The van der Waals surface area contributed by atoms with Crippen molar-refractivity contribution in [3.63, 3.8) is 0 Å². The molecule has 1 heterocycles. The van der Waals surface area contributed by atoms with Crippen molar-refractivity contribution in [1.82, 2.24) is 0 Å². The lowest BCUT2D eigenvalue weighted by atomic mass is 10.1. The summed E-state index contributed by atoms with van der Waals surface area (Å²) in [6.45, 7) is 4.29. The number of aryl methyl sites for hydroxylation is 1. The summed E-state index contributed by atoms with van der Waals surface area (Å²) in [4.78, 5) is 37.1. The van der Waals surface area contributed by atoms with E-state index in [0.29, 0.717) is 31.9 Å². The number of nitrogen functional groups attached to an aromatic ring is 1. The second-order valence-electron chi connectivity index (χ2n) is 5.62. The van der Waals surface area contributed by atoms with Crippen LogP contribution in [0.15, 0.2) is 27.8 Å². The van der Waals surface area contributed by atoms with Gasteiger partial charge in [-0.1, -0.05) is 0 Å². The van der Waals surface area contributed by atoms with Crippen molar-refractivity contribution in [2.45, 2.75) is 6.92 Å². The van der Waals surface area contributed by atoms with E-state index in [1.807, 2.05) is 11.8 Å². The first kappa shape index (κ1) is 15.0. The van der Waals surface area contributed by atoms with E-state index in [-0.39, 0.29) is 11.4 Å². The molecule has 0 saturated carbocycles. The first-order valence-corrected chi connectivity index (χ1v) is 7.24. The summed E-state index contributed by atoms with van der Waals surface area (Å²) in [5.41, 5.74) is 6.70. The molecule has 8 heteroatoms. The number of benzene rings is 1. The predicted molar refractivity (Wildman–Crippen MR) is 88.0 cm³/mol. The molecular formula is C15H16N4O4. The highest BCUT2D eigenvalue weighted by Crippen LogP contribution is 2.27. The lowest BCUT2D eigenvalue weighted by Crippen LogP contribution is -2.51. The lowest BCUT2D eigenvalue weighted by Gasteiger charge is -2.38. The van der Waals surface area contributed by atoms with Gasteiger partial charge in [0.15, 0.2) is 0 Å². The van der Waals surface area contributed by atoms with Crippen LogP contribution in [0.25, 0.3) is 0 Å². The van der Waals surface area contributed by atoms with Gasteiger partial charge in [0, 0.05) is 44.0 Å². The second-order valence-corrected chi connectivity index (χ2v) is 5.62. The Morgan fingerprint density at radius 2 is 1.70 bits per heavy atom. The Hall–Kier alpha value is -2.90. The molecule has 0 bridgehead atoms. The van der Waals surface area contributed by atoms with Gasteiger partial charge in [-0.25, -0.2) is 0 Å². The third kappa shape index (κ3) is 2.41. The fourth-order valence-corrected chi connectivity index (χ4v) is 2.99. The number of nitrogens with two attached hydrogens (primary N) is 1. The Labute approximate surface area is 131 Å². The molecule has 0 unspecified atom stereocenters. The van der Waals surface area contributed by atoms with E-state index in [0.717, 1.165) is 11.3 Å². The van der Waals surface area contributed by atoms with Gasteiger partial charge in [0.2, 0.25) is 0 Å². The Balaban J connectivity index is 1.74. The number of nitro benzene ring substituents is 1. The van der Waals surface area contributed by atoms with Crippen LogP contribution in [0.2, 0.25) is 0 Å². The van der Waals surface area contributed by atoms with E-state index in [1.54, 1.807) is 12.1 Å². The van der Waals surface area contributed by atoms with Crippen LogP contribution in [-0.4, -0.2) is 31.1 Å². The molecule has 2 N–H and O–H groups in total. The van der Waals surface area contributed by atoms with Crippen molar-refractivity contribution < 1.29 is 4.92 Å². The summed E-state index contributed by atoms with van der Waals surface area (Å²) < 4.78 is 0. The average molecular weight is 316 g/mol. The van der Waals surface area contributed by atoms with Gasteiger partial charge >= 0.3 is 0 Å². The molecule has 1 aliphatic rings. The highest BCUT2D eigenvalue weighted by Gasteiger charge is 2.27. The minimum Gasteiger partial charge on any atom is -0.394 e. The van der Waals surface area contributed by atoms with Crippen molar-refractivity contribution >= 4 is 22.7 Å². The summed E-state index contributed by atoms with van der Waals surface area (Å²) in [7, 11) is 0. The number of hydrogen-bond donors (Lipinski definition) is 1. The number of piperazine rings is 1. The molecule has 3 rings (SSSR count). The van der Waals surface area contributed by atoms with Crippen LogP contribution in [0.1, 0.15) is 5.56 Å². The molecular weight excluding hydrogens is 300 g/mol. The van der Waals surface area contributed by atoms with Crippen LogP contribution < -0.4 is 26.4 Å². The van der Waals surface area contributed by atoms with E-state index >= 15 is 0 Å². The van der Waals surface area contributed by atoms with Gasteiger partial charge in [-0.05, 0) is 18.6 Å². The van der Waals surface area contributed by atoms with E-state index in [2.05, 4.69) is 4.90 Å². The van der Waals surface area contributed by atoms with Crippen LogP contribution in [0.4, 0.5) is 22.7 Å². The summed E-state index contributed by atoms with van der Waals surface area (Å²) in [6.07, 6.45) is 0. The molecule has 120 valence electrons. The third-order valence-corrected chi connectivity index (χ3v) is 4.25. The van der Waals surface area contributed by atoms with Gasteiger partial charge < -0.3 is 15.5 Å². The van der Waals surface area contributed by atoms with Gasteiger partial charge in [-0.2, -0.15) is 0 Å². The maximum atomic E-state index is 11.6. The van der Waals surface area contributed by atoms with Gasteiger partial charge in [0.1, 0.15) is 11.4 Å². The maximum absolute atomic E-state index is 11.6. The van der Waals surface area contributed by atoms with Crippen LogP contribution >= 0.6 is 0 Å². The number of hydrogen-bond acceptors (Lipinski definition) is 7. The molecule has 1 aliphatic heterocycles. The molecule has 8 nitrogen and oxygen atoms in total. The topological polar surface area (TPSA) is 110 Å². The van der Waals surface area contributed by atoms with Gasteiger partial charge in [0.25, 0.3) is 16.5 Å².